The summed E-state index contributed by atoms with van der Waals surface area (Å²) in [6.45, 7) is 2.62. The number of carbonyl (C=O) groups is 1. The molecule has 1 unspecified atom stereocenters. The highest BCUT2D eigenvalue weighted by Crippen LogP contribution is 2.32. The highest BCUT2D eigenvalue weighted by molar-refractivity contribution is 7.99. The standard InChI is InChI=1S/C15H18F3N3OS/c16-15(17,18)13-9-12(1-3-19-13)21-4-2-11(10-21)14(22)20-5-7-23-8-6-20/h1,3,9,11H,2,4-8,10H2. The fourth-order valence-electron chi connectivity index (χ4n) is 3.01. The normalized spacial score (nSPS) is 22.5. The summed E-state index contributed by atoms with van der Waals surface area (Å²) in [7, 11) is 0. The fourth-order valence-corrected chi connectivity index (χ4v) is 3.91. The van der Waals surface area contributed by atoms with Crippen LogP contribution in [0.25, 0.3) is 0 Å². The summed E-state index contributed by atoms with van der Waals surface area (Å²) in [5, 5.41) is 0. The molecule has 0 N–H and O–H groups in total. The van der Waals surface area contributed by atoms with E-state index < -0.39 is 11.9 Å². The van der Waals surface area contributed by atoms with Crippen molar-refractivity contribution >= 4 is 23.4 Å². The Labute approximate surface area is 137 Å². The molecule has 2 aliphatic heterocycles. The number of aromatic nitrogens is 1. The third-order valence-electron chi connectivity index (χ3n) is 4.26. The first-order valence-electron chi connectivity index (χ1n) is 7.60. The van der Waals surface area contributed by atoms with E-state index in [1.165, 1.54) is 6.20 Å². The number of pyridine rings is 1. The number of rotatable bonds is 2. The largest absolute Gasteiger partial charge is 0.433 e. The van der Waals surface area contributed by atoms with Crippen molar-refractivity contribution in [3.63, 3.8) is 0 Å². The summed E-state index contributed by atoms with van der Waals surface area (Å²) in [4.78, 5) is 19.6. The number of hydrogen-bond donors (Lipinski definition) is 0. The van der Waals surface area contributed by atoms with Gasteiger partial charge in [0, 0.05) is 49.6 Å². The summed E-state index contributed by atoms with van der Waals surface area (Å²) >= 11 is 1.84. The molecule has 23 heavy (non-hydrogen) atoms. The first kappa shape index (κ1) is 16.4. The number of thioether (sulfide) groups is 1. The number of anilines is 1. The molecule has 0 bridgehead atoms. The molecule has 1 atom stereocenters. The number of amides is 1. The smallest absolute Gasteiger partial charge is 0.371 e. The Balaban J connectivity index is 1.66. The van der Waals surface area contributed by atoms with Gasteiger partial charge < -0.3 is 9.80 Å². The van der Waals surface area contributed by atoms with E-state index in [1.54, 1.807) is 6.07 Å². The van der Waals surface area contributed by atoms with Crippen molar-refractivity contribution in [1.29, 1.82) is 0 Å². The topological polar surface area (TPSA) is 36.4 Å². The van der Waals surface area contributed by atoms with E-state index in [4.69, 9.17) is 0 Å². The molecule has 3 heterocycles. The average Bonchev–Trinajstić information content (AvgIpc) is 3.04. The maximum atomic E-state index is 12.8. The fraction of sp³-hybridized carbons (Fsp3) is 0.600. The molecule has 2 fully saturated rings. The maximum absolute atomic E-state index is 12.8. The number of carbonyl (C=O) groups excluding carboxylic acids is 1. The summed E-state index contributed by atoms with van der Waals surface area (Å²) in [6.07, 6.45) is -2.59. The molecule has 0 radical (unpaired) electrons. The SMILES string of the molecule is O=C(C1CCN(c2ccnc(C(F)(F)F)c2)C1)N1CCSCC1. The number of alkyl halides is 3. The van der Waals surface area contributed by atoms with Gasteiger partial charge in [0.25, 0.3) is 0 Å². The van der Waals surface area contributed by atoms with Crippen LogP contribution in [0.5, 0.6) is 0 Å². The second-order valence-corrected chi connectivity index (χ2v) is 6.99. The Hall–Kier alpha value is -1.44. The van der Waals surface area contributed by atoms with Gasteiger partial charge in [-0.2, -0.15) is 24.9 Å². The molecular weight excluding hydrogens is 327 g/mol. The van der Waals surface area contributed by atoms with E-state index in [0.29, 0.717) is 25.2 Å². The van der Waals surface area contributed by atoms with Gasteiger partial charge in [-0.3, -0.25) is 9.78 Å². The quantitative estimate of drug-likeness (QED) is 0.825. The van der Waals surface area contributed by atoms with Crippen LogP contribution in [0.2, 0.25) is 0 Å². The Bertz CT molecular complexity index is 575. The molecule has 8 heteroatoms. The van der Waals surface area contributed by atoms with Crippen molar-refractivity contribution in [1.82, 2.24) is 9.88 Å². The summed E-state index contributed by atoms with van der Waals surface area (Å²) in [5.74, 6) is 1.93. The second kappa shape index (κ2) is 6.59. The van der Waals surface area contributed by atoms with Crippen molar-refractivity contribution in [2.75, 3.05) is 42.6 Å². The molecule has 2 aliphatic rings. The van der Waals surface area contributed by atoms with Crippen molar-refractivity contribution in [2.24, 2.45) is 5.92 Å². The highest BCUT2D eigenvalue weighted by Gasteiger charge is 2.35. The van der Waals surface area contributed by atoms with Crippen molar-refractivity contribution < 1.29 is 18.0 Å². The third-order valence-corrected chi connectivity index (χ3v) is 5.20. The zero-order valence-corrected chi connectivity index (χ0v) is 13.4. The van der Waals surface area contributed by atoms with E-state index in [-0.39, 0.29) is 11.8 Å². The second-order valence-electron chi connectivity index (χ2n) is 5.77. The van der Waals surface area contributed by atoms with E-state index in [9.17, 15) is 18.0 Å². The molecule has 0 aromatic carbocycles. The predicted molar refractivity (Wildman–Crippen MR) is 83.5 cm³/mol. The molecule has 0 saturated carbocycles. The van der Waals surface area contributed by atoms with Gasteiger partial charge in [0.2, 0.25) is 5.91 Å². The third kappa shape index (κ3) is 3.73. The Morgan fingerprint density at radius 1 is 1.26 bits per heavy atom. The van der Waals surface area contributed by atoms with Crippen LogP contribution in [0.4, 0.5) is 18.9 Å². The minimum absolute atomic E-state index is 0.124. The maximum Gasteiger partial charge on any atom is 0.433 e. The van der Waals surface area contributed by atoms with Crippen LogP contribution in [0, 0.1) is 5.92 Å². The zero-order valence-electron chi connectivity index (χ0n) is 12.6. The van der Waals surface area contributed by atoms with Gasteiger partial charge in [-0.25, -0.2) is 0 Å². The van der Waals surface area contributed by atoms with Crippen LogP contribution in [0.1, 0.15) is 12.1 Å². The summed E-state index contributed by atoms with van der Waals surface area (Å²) in [6, 6.07) is 2.63. The average molecular weight is 345 g/mol. The van der Waals surface area contributed by atoms with Crippen molar-refractivity contribution in [2.45, 2.75) is 12.6 Å². The van der Waals surface area contributed by atoms with Crippen molar-refractivity contribution in [3.8, 4) is 0 Å². The highest BCUT2D eigenvalue weighted by atomic mass is 32.2. The van der Waals surface area contributed by atoms with E-state index in [0.717, 1.165) is 30.7 Å². The van der Waals surface area contributed by atoms with Crippen LogP contribution in [-0.4, -0.2) is 53.5 Å². The van der Waals surface area contributed by atoms with E-state index in [1.807, 2.05) is 21.6 Å². The van der Waals surface area contributed by atoms with Gasteiger partial charge in [0.1, 0.15) is 5.69 Å². The minimum atomic E-state index is -4.45. The van der Waals surface area contributed by atoms with Gasteiger partial charge in [-0.1, -0.05) is 0 Å². The Morgan fingerprint density at radius 3 is 2.70 bits per heavy atom. The Kier molecular flexibility index (Phi) is 4.70. The van der Waals surface area contributed by atoms with Gasteiger partial charge in [0.15, 0.2) is 0 Å². The molecule has 3 rings (SSSR count). The molecule has 1 aromatic rings. The monoisotopic (exact) mass is 345 g/mol. The summed E-state index contributed by atoms with van der Waals surface area (Å²) in [5.41, 5.74) is -0.408. The minimum Gasteiger partial charge on any atom is -0.371 e. The predicted octanol–water partition coefficient (Wildman–Crippen LogP) is 2.50. The molecule has 1 amide bonds. The number of nitrogens with zero attached hydrogens (tertiary/aromatic N) is 3. The van der Waals surface area contributed by atoms with E-state index >= 15 is 0 Å². The number of hydrogen-bond acceptors (Lipinski definition) is 4. The van der Waals surface area contributed by atoms with Crippen LogP contribution in [0.15, 0.2) is 18.3 Å². The van der Waals surface area contributed by atoms with Crippen LogP contribution < -0.4 is 4.90 Å². The molecule has 0 aliphatic carbocycles. The Morgan fingerprint density at radius 2 is 2.00 bits per heavy atom. The van der Waals surface area contributed by atoms with Crippen LogP contribution >= 0.6 is 11.8 Å². The van der Waals surface area contributed by atoms with E-state index in [2.05, 4.69) is 4.98 Å². The van der Waals surface area contributed by atoms with Crippen LogP contribution in [0.3, 0.4) is 0 Å². The van der Waals surface area contributed by atoms with Gasteiger partial charge in [-0.05, 0) is 18.6 Å². The summed E-state index contributed by atoms with van der Waals surface area (Å²) < 4.78 is 38.3. The molecule has 0 spiro atoms. The van der Waals surface area contributed by atoms with Gasteiger partial charge >= 0.3 is 6.18 Å². The van der Waals surface area contributed by atoms with Gasteiger partial charge in [-0.15, -0.1) is 0 Å². The molecule has 1 aromatic heterocycles. The van der Waals surface area contributed by atoms with Gasteiger partial charge in [0.05, 0.1) is 5.92 Å². The molecular formula is C15H18F3N3OS. The lowest BCUT2D eigenvalue weighted by Crippen LogP contribution is -2.42. The first-order valence-corrected chi connectivity index (χ1v) is 8.75. The zero-order chi connectivity index (χ0) is 16.4. The molecule has 126 valence electrons. The van der Waals surface area contributed by atoms with Crippen molar-refractivity contribution in [3.05, 3.63) is 24.0 Å². The molecule has 4 nitrogen and oxygen atoms in total. The lowest BCUT2D eigenvalue weighted by Gasteiger charge is -2.29. The lowest BCUT2D eigenvalue weighted by molar-refractivity contribution is -0.141. The van der Waals surface area contributed by atoms with Crippen LogP contribution in [-0.2, 0) is 11.0 Å². The molecule has 2 saturated heterocycles. The number of halogens is 3. The lowest BCUT2D eigenvalue weighted by atomic mass is 10.1. The first-order chi connectivity index (χ1) is 10.9.